The van der Waals surface area contributed by atoms with Gasteiger partial charge in [-0.15, -0.1) is 0 Å². The van der Waals surface area contributed by atoms with Crippen LogP contribution in [-0.4, -0.2) is 21.0 Å². The van der Waals surface area contributed by atoms with Crippen LogP contribution in [0.3, 0.4) is 0 Å². The fourth-order valence-corrected chi connectivity index (χ4v) is 12.8. The van der Waals surface area contributed by atoms with E-state index >= 15 is 0 Å². The van der Waals surface area contributed by atoms with Gasteiger partial charge in [0.2, 0.25) is 0 Å². The molecule has 0 radical (unpaired) electrons. The zero-order chi connectivity index (χ0) is 8.53. The Labute approximate surface area is 94.7 Å². The van der Waals surface area contributed by atoms with Crippen LogP contribution in [0.5, 0.6) is 0 Å². The van der Waals surface area contributed by atoms with Crippen molar-refractivity contribution in [1.82, 2.24) is 7.06 Å². The topological polar surface area (TPSA) is 24.1 Å². The fraction of sp³-hybridized carbons (Fsp3) is 1.00. The summed E-state index contributed by atoms with van der Waals surface area (Å²) >= 11 is 0.291. The van der Waals surface area contributed by atoms with Crippen molar-refractivity contribution in [1.29, 1.82) is 0 Å². The van der Waals surface area contributed by atoms with Gasteiger partial charge >= 0.3 is 96.2 Å². The summed E-state index contributed by atoms with van der Waals surface area (Å²) in [5, 5.41) is 0. The third-order valence-corrected chi connectivity index (χ3v) is 17.1. The second kappa shape index (κ2) is 10.2. The molecule has 0 fully saturated rings. The Morgan fingerprint density at radius 3 is 2.73 bits per heavy atom. The maximum atomic E-state index is 3.68. The average Bonchev–Trinajstić information content (AvgIpc) is 2.04. The Kier molecular flexibility index (Phi) is 12.1. The molecule has 5 heteroatoms. The Bertz CT molecular complexity index is 82.2. The molecule has 0 aliphatic rings. The summed E-state index contributed by atoms with van der Waals surface area (Å²) in [5.41, 5.74) is 0. The molecule has 0 aromatic carbocycles. The Balaban J connectivity index is 2.89. The van der Waals surface area contributed by atoms with E-state index in [9.17, 15) is 0 Å². The van der Waals surface area contributed by atoms with E-state index in [0.29, 0.717) is 17.2 Å². The molecule has 0 unspecified atom stereocenters. The van der Waals surface area contributed by atoms with Gasteiger partial charge in [-0.1, -0.05) is 0 Å². The first-order chi connectivity index (χ1) is 5.31. The number of alkyl halides is 3. The van der Waals surface area contributed by atoms with Crippen molar-refractivity contribution in [2.75, 3.05) is 21.0 Å². The van der Waals surface area contributed by atoms with Crippen LogP contribution >= 0.6 is 16.1 Å². The second-order valence-electron chi connectivity index (χ2n) is 1.83. The molecule has 0 atom stereocenters. The van der Waals surface area contributed by atoms with Gasteiger partial charge in [0.25, 0.3) is 0 Å². The van der Waals surface area contributed by atoms with Crippen LogP contribution in [0, 0.1) is 0 Å². The Hall–Kier alpha value is 2.11. The molecule has 0 aromatic rings. The standard InChI is InChI=1S/C6H17I3N2/c1-4-5-10-8-6-11-9(3)7-2/h10-11H,4-6H2,1-3H3/q-2. The van der Waals surface area contributed by atoms with Crippen molar-refractivity contribution < 1.29 is 38.7 Å². The quantitative estimate of drug-likeness (QED) is 0.121. The third-order valence-electron chi connectivity index (χ3n) is 0.955. The molecule has 2 N–H and O–H groups in total. The van der Waals surface area contributed by atoms with Gasteiger partial charge in [-0.05, 0) is 0 Å². The molecule has 0 amide bonds. The van der Waals surface area contributed by atoms with Crippen molar-refractivity contribution in [2.45, 2.75) is 13.3 Å². The second-order valence-corrected chi connectivity index (χ2v) is 21.7. The van der Waals surface area contributed by atoms with Crippen LogP contribution in [-0.2, 0) is 0 Å². The van der Waals surface area contributed by atoms with Crippen molar-refractivity contribution in [3.8, 4) is 0 Å². The molecule has 0 saturated heterocycles. The van der Waals surface area contributed by atoms with E-state index in [4.69, 9.17) is 0 Å². The molecular formula is C6H17I3N2-2. The SMILES string of the molecule is CCCN[I-]CNI(C)[I-]C. The normalized spacial score (nSPS) is 12.5. The zero-order valence-corrected chi connectivity index (χ0v) is 13.7. The summed E-state index contributed by atoms with van der Waals surface area (Å²) in [6, 6.07) is 0. The molecular weight excluding hydrogens is 481 g/mol. The molecule has 0 rings (SSSR count). The number of rotatable bonds is 7. The average molecular weight is 498 g/mol. The zero-order valence-electron chi connectivity index (χ0n) is 7.26. The molecule has 0 saturated carbocycles. The monoisotopic (exact) mass is 498 g/mol. The minimum absolute atomic E-state index is 0.274. The van der Waals surface area contributed by atoms with Gasteiger partial charge in [0, 0.05) is 0 Å². The Morgan fingerprint density at radius 1 is 1.45 bits per heavy atom. The first-order valence-corrected chi connectivity index (χ1v) is 17.7. The molecule has 0 aromatic heterocycles. The predicted molar refractivity (Wildman–Crippen MR) is 52.2 cm³/mol. The summed E-state index contributed by atoms with van der Waals surface area (Å²) in [6.45, 7) is 3.44. The van der Waals surface area contributed by atoms with Crippen LogP contribution in [0.1, 0.15) is 13.3 Å². The summed E-state index contributed by atoms with van der Waals surface area (Å²) < 4.78 is 8.48. The van der Waals surface area contributed by atoms with Crippen LogP contribution < -0.4 is 45.8 Å². The maximum absolute atomic E-state index is 3.68. The number of hydrogen-bond acceptors (Lipinski definition) is 2. The molecule has 0 aliphatic carbocycles. The summed E-state index contributed by atoms with van der Waals surface area (Å²) in [5.74, 6) is 0. The summed E-state index contributed by atoms with van der Waals surface area (Å²) in [6.07, 6.45) is 1.27. The van der Waals surface area contributed by atoms with Gasteiger partial charge in [-0.25, -0.2) is 0 Å². The van der Waals surface area contributed by atoms with Crippen molar-refractivity contribution in [3.63, 3.8) is 0 Å². The molecule has 0 aliphatic heterocycles. The van der Waals surface area contributed by atoms with Gasteiger partial charge in [-0.2, -0.15) is 0 Å². The Morgan fingerprint density at radius 2 is 2.18 bits per heavy atom. The van der Waals surface area contributed by atoms with Gasteiger partial charge < -0.3 is 0 Å². The first kappa shape index (κ1) is 13.1. The number of nitrogens with one attached hydrogen (secondary N) is 2. The van der Waals surface area contributed by atoms with E-state index in [0.717, 1.165) is 0 Å². The van der Waals surface area contributed by atoms with E-state index in [1.165, 1.54) is 17.5 Å². The molecule has 11 heavy (non-hydrogen) atoms. The molecule has 0 spiro atoms. The van der Waals surface area contributed by atoms with E-state index < -0.39 is 16.1 Å². The van der Waals surface area contributed by atoms with Gasteiger partial charge in [0.05, 0.1) is 0 Å². The molecule has 0 bridgehead atoms. The van der Waals surface area contributed by atoms with Crippen LogP contribution in [0.2, 0.25) is 0 Å². The summed E-state index contributed by atoms with van der Waals surface area (Å²) in [4.78, 5) is 4.84. The number of halogens is 3. The van der Waals surface area contributed by atoms with Gasteiger partial charge in [-0.3, -0.25) is 0 Å². The molecule has 2 nitrogen and oxygen atoms in total. The van der Waals surface area contributed by atoms with Crippen LogP contribution in [0.15, 0.2) is 0 Å². The van der Waals surface area contributed by atoms with Crippen LogP contribution in [0.4, 0.5) is 0 Å². The molecule has 74 valence electrons. The van der Waals surface area contributed by atoms with Crippen LogP contribution in [0.25, 0.3) is 0 Å². The number of hydrogen-bond donors (Lipinski definition) is 2. The van der Waals surface area contributed by atoms with E-state index in [-0.39, 0.29) is 21.5 Å². The predicted octanol–water partition coefficient (Wildman–Crippen LogP) is -4.78. The van der Waals surface area contributed by atoms with E-state index in [2.05, 4.69) is 23.8 Å². The summed E-state index contributed by atoms with van der Waals surface area (Å²) in [7, 11) is 0. The van der Waals surface area contributed by atoms with E-state index in [1.54, 1.807) is 0 Å². The van der Waals surface area contributed by atoms with Crippen molar-refractivity contribution in [2.24, 2.45) is 0 Å². The van der Waals surface area contributed by atoms with Crippen molar-refractivity contribution >= 4 is 16.1 Å². The fourth-order valence-electron chi connectivity index (χ4n) is 0.354. The minimum atomic E-state index is -0.537. The first-order valence-electron chi connectivity index (χ1n) is 3.46. The van der Waals surface area contributed by atoms with Gasteiger partial charge in [0.15, 0.2) is 0 Å². The molecule has 0 heterocycles. The third kappa shape index (κ3) is 10.0. The van der Waals surface area contributed by atoms with Crippen molar-refractivity contribution in [3.05, 3.63) is 0 Å². The van der Waals surface area contributed by atoms with Gasteiger partial charge in [0.1, 0.15) is 0 Å². The van der Waals surface area contributed by atoms with E-state index in [1.807, 2.05) is 0 Å².